The summed E-state index contributed by atoms with van der Waals surface area (Å²) in [5.41, 5.74) is 0. The number of ether oxygens (including phenoxy) is 2. The predicted octanol–water partition coefficient (Wildman–Crippen LogP) is 0.706. The molecule has 134 valence electrons. The summed E-state index contributed by atoms with van der Waals surface area (Å²) >= 11 is 0. The summed E-state index contributed by atoms with van der Waals surface area (Å²) in [6.45, 7) is 3.40. The number of likely N-dealkylation sites (tertiary alicyclic amines) is 2. The van der Waals surface area contributed by atoms with Crippen LogP contribution < -0.4 is 10.1 Å². The number of carbonyl (C=O) groups excluding carboxylic acids is 2. The van der Waals surface area contributed by atoms with Crippen LogP contribution in [0.4, 0.5) is 4.79 Å². The van der Waals surface area contributed by atoms with E-state index in [2.05, 4.69) is 5.32 Å². The van der Waals surface area contributed by atoms with Crippen molar-refractivity contribution in [2.75, 3.05) is 39.4 Å². The number of amides is 3. The summed E-state index contributed by atoms with van der Waals surface area (Å²) in [4.78, 5) is 27.8. The molecule has 3 amide bonds. The van der Waals surface area contributed by atoms with Crippen molar-refractivity contribution in [3.05, 3.63) is 30.3 Å². The lowest BCUT2D eigenvalue weighted by Crippen LogP contribution is -2.64. The van der Waals surface area contributed by atoms with Crippen LogP contribution in [0.1, 0.15) is 6.42 Å². The Bertz CT molecular complexity index is 632. The van der Waals surface area contributed by atoms with E-state index in [0.717, 1.165) is 25.3 Å². The third kappa shape index (κ3) is 3.56. The van der Waals surface area contributed by atoms with Crippen molar-refractivity contribution in [2.45, 2.75) is 18.6 Å². The van der Waals surface area contributed by atoms with Crippen LogP contribution in [0, 0.1) is 5.92 Å². The standard InChI is InChI=1S/C18H23N3O4/c22-17-12-25-16-6-7-20(10-15(16)19-17)18(23)21-8-13(9-21)11-24-14-4-2-1-3-5-14/h1-5,13,15-16H,6-12H2,(H,19,22)/t15-,16+/m1/s1. The van der Waals surface area contributed by atoms with Gasteiger partial charge in [0, 0.05) is 32.1 Å². The van der Waals surface area contributed by atoms with Gasteiger partial charge in [0.15, 0.2) is 0 Å². The van der Waals surface area contributed by atoms with E-state index in [0.29, 0.717) is 25.6 Å². The van der Waals surface area contributed by atoms with Crippen molar-refractivity contribution in [1.29, 1.82) is 0 Å². The van der Waals surface area contributed by atoms with Gasteiger partial charge in [-0.05, 0) is 18.6 Å². The molecule has 1 N–H and O–H groups in total. The van der Waals surface area contributed by atoms with Crippen molar-refractivity contribution < 1.29 is 19.1 Å². The summed E-state index contributed by atoms with van der Waals surface area (Å²) < 4.78 is 11.3. The zero-order chi connectivity index (χ0) is 17.2. The number of rotatable bonds is 3. The average molecular weight is 345 g/mol. The highest BCUT2D eigenvalue weighted by atomic mass is 16.5. The maximum absolute atomic E-state index is 12.6. The molecular weight excluding hydrogens is 322 g/mol. The SMILES string of the molecule is O=C1CO[C@H]2CCN(C(=O)N3CC(COc4ccccc4)C3)C[C@H]2N1. The quantitative estimate of drug-likeness (QED) is 0.876. The molecule has 0 radical (unpaired) electrons. The minimum Gasteiger partial charge on any atom is -0.493 e. The van der Waals surface area contributed by atoms with Gasteiger partial charge in [0.2, 0.25) is 5.91 Å². The van der Waals surface area contributed by atoms with Gasteiger partial charge in [-0.3, -0.25) is 4.79 Å². The zero-order valence-electron chi connectivity index (χ0n) is 14.1. The molecule has 0 spiro atoms. The van der Waals surface area contributed by atoms with Crippen LogP contribution in [-0.4, -0.2) is 73.3 Å². The molecule has 3 saturated heterocycles. The van der Waals surface area contributed by atoms with Gasteiger partial charge in [-0.15, -0.1) is 0 Å². The molecule has 4 rings (SSSR count). The van der Waals surface area contributed by atoms with Crippen LogP contribution >= 0.6 is 0 Å². The molecular formula is C18H23N3O4. The Hall–Kier alpha value is -2.28. The van der Waals surface area contributed by atoms with E-state index in [1.54, 1.807) is 0 Å². The molecule has 1 aromatic carbocycles. The van der Waals surface area contributed by atoms with Crippen LogP contribution in [0.5, 0.6) is 5.75 Å². The maximum atomic E-state index is 12.6. The van der Waals surface area contributed by atoms with Crippen molar-refractivity contribution in [2.24, 2.45) is 5.92 Å². The summed E-state index contributed by atoms with van der Waals surface area (Å²) in [7, 11) is 0. The Morgan fingerprint density at radius 2 is 2.00 bits per heavy atom. The van der Waals surface area contributed by atoms with E-state index < -0.39 is 0 Å². The first-order valence-corrected chi connectivity index (χ1v) is 8.82. The number of morpholine rings is 1. The fourth-order valence-corrected chi connectivity index (χ4v) is 3.64. The number of nitrogens with one attached hydrogen (secondary N) is 1. The van der Waals surface area contributed by atoms with Gasteiger partial charge in [0.05, 0.1) is 18.8 Å². The Morgan fingerprint density at radius 1 is 1.20 bits per heavy atom. The molecule has 3 aliphatic rings. The normalized spacial score (nSPS) is 26.5. The first-order valence-electron chi connectivity index (χ1n) is 8.82. The monoisotopic (exact) mass is 345 g/mol. The number of carbonyl (C=O) groups is 2. The first kappa shape index (κ1) is 16.2. The maximum Gasteiger partial charge on any atom is 0.320 e. The lowest BCUT2D eigenvalue weighted by atomic mass is 9.99. The van der Waals surface area contributed by atoms with Crippen molar-refractivity contribution in [1.82, 2.24) is 15.1 Å². The Kier molecular flexibility index (Phi) is 4.48. The van der Waals surface area contributed by atoms with Gasteiger partial charge < -0.3 is 24.6 Å². The summed E-state index contributed by atoms with van der Waals surface area (Å²) in [5.74, 6) is 1.14. The fraction of sp³-hybridized carbons (Fsp3) is 0.556. The third-order valence-electron chi connectivity index (χ3n) is 5.05. The fourth-order valence-electron chi connectivity index (χ4n) is 3.64. The van der Waals surface area contributed by atoms with E-state index in [-0.39, 0.29) is 30.7 Å². The number of benzene rings is 1. The Labute approximate surface area is 146 Å². The van der Waals surface area contributed by atoms with Gasteiger partial charge in [-0.25, -0.2) is 4.79 Å². The van der Waals surface area contributed by atoms with Crippen LogP contribution in [0.2, 0.25) is 0 Å². The summed E-state index contributed by atoms with van der Waals surface area (Å²) in [5, 5.41) is 2.93. The molecule has 2 atom stereocenters. The number of para-hydroxylation sites is 1. The van der Waals surface area contributed by atoms with Crippen molar-refractivity contribution >= 4 is 11.9 Å². The number of urea groups is 1. The van der Waals surface area contributed by atoms with Crippen LogP contribution in [-0.2, 0) is 9.53 Å². The van der Waals surface area contributed by atoms with Gasteiger partial charge in [-0.1, -0.05) is 18.2 Å². The lowest BCUT2D eigenvalue weighted by Gasteiger charge is -2.46. The molecule has 0 unspecified atom stereocenters. The van der Waals surface area contributed by atoms with E-state index in [1.807, 2.05) is 40.1 Å². The van der Waals surface area contributed by atoms with E-state index in [4.69, 9.17) is 9.47 Å². The first-order chi connectivity index (χ1) is 12.2. The molecule has 0 saturated carbocycles. The average Bonchev–Trinajstić information content (AvgIpc) is 2.60. The van der Waals surface area contributed by atoms with Gasteiger partial charge in [-0.2, -0.15) is 0 Å². The number of fused-ring (bicyclic) bond motifs is 1. The third-order valence-corrected chi connectivity index (χ3v) is 5.05. The van der Waals surface area contributed by atoms with E-state index in [9.17, 15) is 9.59 Å². The Morgan fingerprint density at radius 3 is 2.80 bits per heavy atom. The van der Waals surface area contributed by atoms with Gasteiger partial charge in [0.1, 0.15) is 12.4 Å². The number of hydrogen-bond acceptors (Lipinski definition) is 4. The van der Waals surface area contributed by atoms with E-state index >= 15 is 0 Å². The van der Waals surface area contributed by atoms with Gasteiger partial charge >= 0.3 is 6.03 Å². The van der Waals surface area contributed by atoms with Crippen molar-refractivity contribution in [3.8, 4) is 5.75 Å². The van der Waals surface area contributed by atoms with E-state index in [1.165, 1.54) is 0 Å². The second kappa shape index (κ2) is 6.92. The topological polar surface area (TPSA) is 71.1 Å². The molecule has 0 bridgehead atoms. The molecule has 0 aromatic heterocycles. The zero-order valence-corrected chi connectivity index (χ0v) is 14.1. The summed E-state index contributed by atoms with van der Waals surface area (Å²) in [6.07, 6.45) is 0.801. The highest BCUT2D eigenvalue weighted by molar-refractivity contribution is 5.79. The highest BCUT2D eigenvalue weighted by Crippen LogP contribution is 2.23. The van der Waals surface area contributed by atoms with Crippen molar-refractivity contribution in [3.63, 3.8) is 0 Å². The Balaban J connectivity index is 1.22. The van der Waals surface area contributed by atoms with Crippen LogP contribution in [0.25, 0.3) is 0 Å². The molecule has 3 aliphatic heterocycles. The lowest BCUT2D eigenvalue weighted by molar-refractivity contribution is -0.139. The number of nitrogens with zero attached hydrogens (tertiary/aromatic N) is 2. The molecule has 3 heterocycles. The molecule has 0 aliphatic carbocycles. The molecule has 25 heavy (non-hydrogen) atoms. The molecule has 7 heteroatoms. The second-order valence-electron chi connectivity index (χ2n) is 6.94. The largest absolute Gasteiger partial charge is 0.493 e. The molecule has 3 fully saturated rings. The minimum absolute atomic E-state index is 0.0326. The highest BCUT2D eigenvalue weighted by Gasteiger charge is 2.40. The number of hydrogen-bond donors (Lipinski definition) is 1. The van der Waals surface area contributed by atoms with Crippen LogP contribution in [0.3, 0.4) is 0 Å². The second-order valence-corrected chi connectivity index (χ2v) is 6.94. The molecule has 7 nitrogen and oxygen atoms in total. The van der Waals surface area contributed by atoms with Crippen LogP contribution in [0.15, 0.2) is 30.3 Å². The predicted molar refractivity (Wildman–Crippen MR) is 90.3 cm³/mol. The van der Waals surface area contributed by atoms with Gasteiger partial charge in [0.25, 0.3) is 0 Å². The number of piperidine rings is 1. The molecule has 1 aromatic rings. The summed E-state index contributed by atoms with van der Waals surface area (Å²) in [6, 6.07) is 9.69. The smallest absolute Gasteiger partial charge is 0.320 e. The minimum atomic E-state index is -0.0994.